The maximum Gasteiger partial charge on any atom is 0.416 e. The number of fused-ring (bicyclic) bond motifs is 1. The van der Waals surface area contributed by atoms with Crippen LogP contribution in [0.15, 0.2) is 24.3 Å². The summed E-state index contributed by atoms with van der Waals surface area (Å²) < 4.78 is 37.1. The van der Waals surface area contributed by atoms with Crippen molar-refractivity contribution >= 4 is 5.69 Å². The zero-order chi connectivity index (χ0) is 12.0. The smallest absolute Gasteiger partial charge is 0.382 e. The molecule has 1 N–H and O–H groups in total. The van der Waals surface area contributed by atoms with E-state index in [1.807, 2.05) is 0 Å². The minimum absolute atomic E-state index is 0.469. The molecule has 92 valence electrons. The van der Waals surface area contributed by atoms with Crippen molar-refractivity contribution < 1.29 is 13.2 Å². The Labute approximate surface area is 98.0 Å². The summed E-state index contributed by atoms with van der Waals surface area (Å²) in [6.07, 6.45) is -0.537. The second-order valence-corrected chi connectivity index (χ2v) is 5.06. The molecule has 2 aliphatic rings. The summed E-state index contributed by atoms with van der Waals surface area (Å²) in [4.78, 5) is 0. The highest BCUT2D eigenvalue weighted by molar-refractivity contribution is 5.46. The first-order valence-electron chi connectivity index (χ1n) is 5.98. The Hall–Kier alpha value is -1.19. The van der Waals surface area contributed by atoms with Gasteiger partial charge in [0.05, 0.1) is 5.56 Å². The van der Waals surface area contributed by atoms with Gasteiger partial charge in [0.2, 0.25) is 0 Å². The average molecular weight is 241 g/mol. The standard InChI is InChI=1S/C13H14F3N/c14-13(15,16)9-2-4-10(5-3-9)17-12-6-1-8-7-11(8)12/h2-5,8,11-12,17H,1,6-7H2/t8-,11+,12?/m0/s1. The molecule has 0 aromatic heterocycles. The van der Waals surface area contributed by atoms with E-state index in [0.29, 0.717) is 6.04 Å². The fourth-order valence-electron chi connectivity index (χ4n) is 2.85. The Morgan fingerprint density at radius 3 is 2.24 bits per heavy atom. The first kappa shape index (κ1) is 10.9. The van der Waals surface area contributed by atoms with Crippen LogP contribution >= 0.6 is 0 Å². The van der Waals surface area contributed by atoms with Gasteiger partial charge in [-0.15, -0.1) is 0 Å². The van der Waals surface area contributed by atoms with E-state index in [-0.39, 0.29) is 0 Å². The van der Waals surface area contributed by atoms with E-state index in [1.54, 1.807) is 0 Å². The van der Waals surface area contributed by atoms with Gasteiger partial charge in [0.25, 0.3) is 0 Å². The van der Waals surface area contributed by atoms with Crippen LogP contribution in [0.4, 0.5) is 18.9 Å². The molecule has 17 heavy (non-hydrogen) atoms. The fourth-order valence-corrected chi connectivity index (χ4v) is 2.85. The molecule has 0 spiro atoms. The van der Waals surface area contributed by atoms with Gasteiger partial charge in [0.15, 0.2) is 0 Å². The minimum atomic E-state index is -4.24. The summed E-state index contributed by atoms with van der Waals surface area (Å²) in [6, 6.07) is 5.80. The quantitative estimate of drug-likeness (QED) is 0.827. The molecule has 0 heterocycles. The summed E-state index contributed by atoms with van der Waals surface area (Å²) in [6.45, 7) is 0. The Morgan fingerprint density at radius 2 is 1.76 bits per heavy atom. The van der Waals surface area contributed by atoms with Crippen LogP contribution < -0.4 is 5.32 Å². The Kier molecular flexibility index (Phi) is 2.35. The van der Waals surface area contributed by atoms with Crippen molar-refractivity contribution in [3.8, 4) is 0 Å². The molecule has 0 bridgehead atoms. The summed E-state index contributed by atoms with van der Waals surface area (Å²) in [5.74, 6) is 1.64. The summed E-state index contributed by atoms with van der Waals surface area (Å²) in [7, 11) is 0. The highest BCUT2D eigenvalue weighted by Crippen LogP contribution is 2.52. The molecular weight excluding hydrogens is 227 g/mol. The van der Waals surface area contributed by atoms with Crippen LogP contribution in [0.25, 0.3) is 0 Å². The maximum atomic E-state index is 12.4. The highest BCUT2D eigenvalue weighted by Gasteiger charge is 2.47. The van der Waals surface area contributed by atoms with Crippen molar-refractivity contribution in [2.24, 2.45) is 11.8 Å². The monoisotopic (exact) mass is 241 g/mol. The molecule has 1 aromatic carbocycles. The first-order valence-corrected chi connectivity index (χ1v) is 5.98. The van der Waals surface area contributed by atoms with Crippen LogP contribution in [0.2, 0.25) is 0 Å². The number of benzene rings is 1. The predicted molar refractivity (Wildman–Crippen MR) is 59.7 cm³/mol. The number of alkyl halides is 3. The molecule has 3 rings (SSSR count). The van der Waals surface area contributed by atoms with E-state index in [4.69, 9.17) is 0 Å². The normalized spacial score (nSPS) is 31.1. The van der Waals surface area contributed by atoms with Crippen LogP contribution in [0.1, 0.15) is 24.8 Å². The van der Waals surface area contributed by atoms with Gasteiger partial charge < -0.3 is 5.32 Å². The van der Waals surface area contributed by atoms with Gasteiger partial charge >= 0.3 is 6.18 Å². The van der Waals surface area contributed by atoms with Crippen LogP contribution in [0, 0.1) is 11.8 Å². The SMILES string of the molecule is FC(F)(F)c1ccc(NC2CC[C@H]3C[C@@H]23)cc1. The number of rotatable bonds is 2. The summed E-state index contributed by atoms with van der Waals surface area (Å²) >= 11 is 0. The number of nitrogens with one attached hydrogen (secondary N) is 1. The number of hydrogen-bond acceptors (Lipinski definition) is 1. The maximum absolute atomic E-state index is 12.4. The molecule has 2 aliphatic carbocycles. The lowest BCUT2D eigenvalue weighted by molar-refractivity contribution is -0.137. The first-order chi connectivity index (χ1) is 8.04. The van der Waals surface area contributed by atoms with E-state index < -0.39 is 11.7 Å². The van der Waals surface area contributed by atoms with E-state index in [2.05, 4.69) is 5.32 Å². The molecule has 0 saturated heterocycles. The third kappa shape index (κ3) is 2.13. The Balaban J connectivity index is 1.68. The average Bonchev–Trinajstić information content (AvgIpc) is 2.95. The number of hydrogen-bond donors (Lipinski definition) is 1. The minimum Gasteiger partial charge on any atom is -0.382 e. The molecular formula is C13H14F3N. The van der Waals surface area contributed by atoms with Crippen molar-refractivity contribution in [1.82, 2.24) is 0 Å². The zero-order valence-corrected chi connectivity index (χ0v) is 9.30. The Morgan fingerprint density at radius 1 is 1.06 bits per heavy atom. The molecule has 0 amide bonds. The summed E-state index contributed by atoms with van der Waals surface area (Å²) in [5, 5.41) is 3.34. The van der Waals surface area contributed by atoms with Gasteiger partial charge in [-0.3, -0.25) is 0 Å². The molecule has 0 aliphatic heterocycles. The van der Waals surface area contributed by atoms with Crippen molar-refractivity contribution in [2.45, 2.75) is 31.5 Å². The lowest BCUT2D eigenvalue weighted by Crippen LogP contribution is -2.18. The van der Waals surface area contributed by atoms with Gasteiger partial charge in [-0.1, -0.05) is 0 Å². The molecule has 0 radical (unpaired) electrons. The van der Waals surface area contributed by atoms with E-state index in [9.17, 15) is 13.2 Å². The van der Waals surface area contributed by atoms with E-state index >= 15 is 0 Å². The van der Waals surface area contributed by atoms with Crippen LogP contribution in [-0.4, -0.2) is 6.04 Å². The van der Waals surface area contributed by atoms with Crippen molar-refractivity contribution in [3.05, 3.63) is 29.8 Å². The van der Waals surface area contributed by atoms with E-state index in [1.165, 1.54) is 25.0 Å². The van der Waals surface area contributed by atoms with Crippen molar-refractivity contribution in [2.75, 3.05) is 5.32 Å². The largest absolute Gasteiger partial charge is 0.416 e. The van der Waals surface area contributed by atoms with Crippen molar-refractivity contribution in [3.63, 3.8) is 0 Å². The number of anilines is 1. The van der Waals surface area contributed by atoms with Gasteiger partial charge in [0, 0.05) is 11.7 Å². The summed E-state index contributed by atoms with van der Waals surface area (Å²) in [5.41, 5.74) is 0.217. The highest BCUT2D eigenvalue weighted by atomic mass is 19.4. The molecule has 1 nitrogen and oxygen atoms in total. The molecule has 3 atom stereocenters. The molecule has 2 saturated carbocycles. The molecule has 4 heteroatoms. The van der Waals surface area contributed by atoms with Crippen LogP contribution in [0.3, 0.4) is 0 Å². The van der Waals surface area contributed by atoms with Gasteiger partial charge in [-0.05, 0) is 55.4 Å². The second kappa shape index (κ2) is 3.65. The predicted octanol–water partition coefficient (Wildman–Crippen LogP) is 3.92. The van der Waals surface area contributed by atoms with Crippen molar-refractivity contribution in [1.29, 1.82) is 0 Å². The van der Waals surface area contributed by atoms with Crippen LogP contribution in [0.5, 0.6) is 0 Å². The van der Waals surface area contributed by atoms with Crippen LogP contribution in [-0.2, 0) is 6.18 Å². The topological polar surface area (TPSA) is 12.0 Å². The van der Waals surface area contributed by atoms with Gasteiger partial charge in [-0.25, -0.2) is 0 Å². The molecule has 2 fully saturated rings. The zero-order valence-electron chi connectivity index (χ0n) is 9.30. The fraction of sp³-hybridized carbons (Fsp3) is 0.538. The molecule has 1 aromatic rings. The van der Waals surface area contributed by atoms with E-state index in [0.717, 1.165) is 36.1 Å². The lowest BCUT2D eigenvalue weighted by atomic mass is 10.1. The third-order valence-electron chi connectivity index (χ3n) is 3.91. The lowest BCUT2D eigenvalue weighted by Gasteiger charge is -2.16. The van der Waals surface area contributed by atoms with Gasteiger partial charge in [-0.2, -0.15) is 13.2 Å². The number of halogens is 3. The van der Waals surface area contributed by atoms with Gasteiger partial charge in [0.1, 0.15) is 0 Å². The second-order valence-electron chi connectivity index (χ2n) is 5.06. The Bertz CT molecular complexity index is 410. The third-order valence-corrected chi connectivity index (χ3v) is 3.91. The molecule has 1 unspecified atom stereocenters.